The Labute approximate surface area is 208 Å². The number of hydrogen-bond acceptors (Lipinski definition) is 3. The molecule has 3 fully saturated rings. The van der Waals surface area contributed by atoms with E-state index in [9.17, 15) is 9.90 Å². The van der Waals surface area contributed by atoms with Gasteiger partial charge in [-0.25, -0.2) is 0 Å². The van der Waals surface area contributed by atoms with Crippen molar-refractivity contribution in [1.82, 2.24) is 4.90 Å². The molecular weight excluding hydrogens is 446 g/mol. The molecule has 0 aromatic heterocycles. The molecular formula is C29H38ClNO3. The summed E-state index contributed by atoms with van der Waals surface area (Å²) in [6.45, 7) is 5.65. The molecule has 0 radical (unpaired) electrons. The van der Waals surface area contributed by atoms with Gasteiger partial charge in [0.05, 0.1) is 17.0 Å². The fourth-order valence-corrected chi connectivity index (χ4v) is 7.03. The van der Waals surface area contributed by atoms with Crippen LogP contribution in [-0.2, 0) is 4.79 Å². The highest BCUT2D eigenvalue weighted by Gasteiger charge is 2.41. The highest BCUT2D eigenvalue weighted by atomic mass is 35.5. The molecule has 5 heteroatoms. The number of carboxylic acids is 1. The Morgan fingerprint density at radius 3 is 2.65 bits per heavy atom. The van der Waals surface area contributed by atoms with Crippen molar-refractivity contribution < 1.29 is 14.6 Å². The molecule has 4 nitrogen and oxygen atoms in total. The van der Waals surface area contributed by atoms with Crippen LogP contribution in [-0.4, -0.2) is 34.7 Å². The van der Waals surface area contributed by atoms with Gasteiger partial charge in [-0.2, -0.15) is 0 Å². The van der Waals surface area contributed by atoms with Crippen LogP contribution in [0.5, 0.6) is 5.75 Å². The molecule has 3 aliphatic rings. The fraction of sp³-hybridized carbons (Fsp3) is 0.621. The molecule has 0 amide bonds. The zero-order chi connectivity index (χ0) is 23.8. The molecule has 2 saturated carbocycles. The molecule has 1 heterocycles. The van der Waals surface area contributed by atoms with Crippen molar-refractivity contribution in [3.63, 3.8) is 0 Å². The topological polar surface area (TPSA) is 49.8 Å². The minimum Gasteiger partial charge on any atom is -0.489 e. The number of rotatable bonds is 6. The molecule has 1 saturated heterocycles. The average molecular weight is 484 g/mol. The normalized spacial score (nSPS) is 30.7. The molecule has 4 atom stereocenters. The Kier molecular flexibility index (Phi) is 7.09. The predicted molar refractivity (Wildman–Crippen MR) is 138 cm³/mol. The van der Waals surface area contributed by atoms with E-state index in [0.717, 1.165) is 73.9 Å². The first-order chi connectivity index (χ1) is 16.4. The van der Waals surface area contributed by atoms with Crippen molar-refractivity contribution >= 4 is 28.3 Å². The average Bonchev–Trinajstić information content (AvgIpc) is 3.08. The van der Waals surface area contributed by atoms with Crippen molar-refractivity contribution in [2.45, 2.75) is 89.8 Å². The molecule has 2 aliphatic carbocycles. The van der Waals surface area contributed by atoms with Crippen LogP contribution in [0.25, 0.3) is 10.8 Å². The van der Waals surface area contributed by atoms with Crippen molar-refractivity contribution in [3.8, 4) is 5.75 Å². The van der Waals surface area contributed by atoms with E-state index in [1.54, 1.807) is 0 Å². The smallest absolute Gasteiger partial charge is 0.306 e. The van der Waals surface area contributed by atoms with Crippen LogP contribution in [0.15, 0.2) is 30.3 Å². The first-order valence-electron chi connectivity index (χ1n) is 13.3. The van der Waals surface area contributed by atoms with E-state index in [1.165, 1.54) is 18.4 Å². The van der Waals surface area contributed by atoms with E-state index >= 15 is 0 Å². The van der Waals surface area contributed by atoms with Gasteiger partial charge in [0, 0.05) is 24.0 Å². The van der Waals surface area contributed by atoms with E-state index in [-0.39, 0.29) is 12.0 Å². The first-order valence-corrected chi connectivity index (χ1v) is 13.7. The number of ether oxygens (including phenoxy) is 1. The Bertz CT molecular complexity index is 1030. The van der Waals surface area contributed by atoms with Crippen LogP contribution in [0.4, 0.5) is 0 Å². The second kappa shape index (κ2) is 10.1. The Balaban J connectivity index is 1.36. The lowest BCUT2D eigenvalue weighted by molar-refractivity contribution is -0.142. The minimum absolute atomic E-state index is 0.198. The summed E-state index contributed by atoms with van der Waals surface area (Å²) in [4.78, 5) is 14.3. The van der Waals surface area contributed by atoms with Gasteiger partial charge < -0.3 is 9.84 Å². The SMILES string of the molecule is CCC(c1ccc2c(Cl)c(OC3CCC(C)CC3)ccc2c1)N1CC2CCC(C(=O)O)CC1C2. The predicted octanol–water partition coefficient (Wildman–Crippen LogP) is 7.48. The molecule has 2 bridgehead atoms. The molecule has 1 aliphatic heterocycles. The van der Waals surface area contributed by atoms with Gasteiger partial charge in [-0.05, 0) is 92.7 Å². The fourth-order valence-electron chi connectivity index (χ4n) is 6.75. The van der Waals surface area contributed by atoms with Crippen LogP contribution in [0.2, 0.25) is 5.02 Å². The van der Waals surface area contributed by atoms with Gasteiger partial charge in [0.1, 0.15) is 5.75 Å². The maximum Gasteiger partial charge on any atom is 0.306 e. The molecule has 184 valence electrons. The number of aliphatic carboxylic acids is 1. The van der Waals surface area contributed by atoms with Crippen molar-refractivity contribution in [2.24, 2.45) is 17.8 Å². The number of fused-ring (bicyclic) bond motifs is 3. The summed E-state index contributed by atoms with van der Waals surface area (Å²) in [5, 5.41) is 12.5. The third-order valence-electron chi connectivity index (χ3n) is 8.74. The number of carbonyl (C=O) groups is 1. The second-order valence-corrected chi connectivity index (χ2v) is 11.5. The minimum atomic E-state index is -0.623. The number of halogens is 1. The van der Waals surface area contributed by atoms with Gasteiger partial charge in [0.25, 0.3) is 0 Å². The highest BCUT2D eigenvalue weighted by Crippen LogP contribution is 2.43. The maximum atomic E-state index is 11.7. The highest BCUT2D eigenvalue weighted by molar-refractivity contribution is 6.37. The van der Waals surface area contributed by atoms with Gasteiger partial charge in [-0.3, -0.25) is 9.69 Å². The Morgan fingerprint density at radius 2 is 1.91 bits per heavy atom. The van der Waals surface area contributed by atoms with Crippen molar-refractivity contribution in [1.29, 1.82) is 0 Å². The largest absolute Gasteiger partial charge is 0.489 e. The van der Waals surface area contributed by atoms with Crippen molar-refractivity contribution in [2.75, 3.05) is 6.54 Å². The third kappa shape index (κ3) is 4.81. The summed E-state index contributed by atoms with van der Waals surface area (Å²) < 4.78 is 6.32. The van der Waals surface area contributed by atoms with E-state index in [1.807, 2.05) is 6.07 Å². The van der Waals surface area contributed by atoms with Crippen LogP contribution in [0.3, 0.4) is 0 Å². The molecule has 1 N–H and O–H groups in total. The summed E-state index contributed by atoms with van der Waals surface area (Å²) in [6.07, 6.45) is 9.73. The maximum absolute atomic E-state index is 11.7. The number of hydrogen-bond donors (Lipinski definition) is 1. The van der Waals surface area contributed by atoms with Gasteiger partial charge in [-0.1, -0.05) is 43.6 Å². The van der Waals surface area contributed by atoms with E-state index in [2.05, 4.69) is 43.0 Å². The monoisotopic (exact) mass is 483 g/mol. The lowest BCUT2D eigenvalue weighted by Gasteiger charge is -2.35. The number of likely N-dealkylation sites (tertiary alicyclic amines) is 1. The number of nitrogens with zero attached hydrogens (tertiary/aromatic N) is 1. The quantitative estimate of drug-likeness (QED) is 0.462. The molecule has 2 aromatic carbocycles. The van der Waals surface area contributed by atoms with E-state index in [0.29, 0.717) is 23.0 Å². The molecule has 5 rings (SSSR count). The lowest BCUT2D eigenvalue weighted by Crippen LogP contribution is -2.36. The molecule has 34 heavy (non-hydrogen) atoms. The van der Waals surface area contributed by atoms with Crippen LogP contribution in [0.1, 0.15) is 83.2 Å². The van der Waals surface area contributed by atoms with Gasteiger partial charge in [0.15, 0.2) is 0 Å². The molecule has 2 aromatic rings. The zero-order valence-electron chi connectivity index (χ0n) is 20.5. The standard InChI is InChI=1S/C29H38ClNO3/c1-3-26(31-17-19-6-7-22(29(32)33)16-23(31)14-19)21-8-12-25-20(15-21)9-13-27(28(25)30)34-24-10-4-18(2)5-11-24/h8-9,12-13,15,18-19,22-24,26H,3-7,10-11,14,16-17H2,1-2H3,(H,32,33). The Morgan fingerprint density at radius 1 is 1.12 bits per heavy atom. The molecule has 4 unspecified atom stereocenters. The van der Waals surface area contributed by atoms with Crippen LogP contribution in [0, 0.1) is 17.8 Å². The summed E-state index contributed by atoms with van der Waals surface area (Å²) in [7, 11) is 0. The van der Waals surface area contributed by atoms with Gasteiger partial charge >= 0.3 is 5.97 Å². The first kappa shape index (κ1) is 23.9. The van der Waals surface area contributed by atoms with Crippen LogP contribution < -0.4 is 4.74 Å². The lowest BCUT2D eigenvalue weighted by atomic mass is 9.89. The summed E-state index contributed by atoms with van der Waals surface area (Å²) in [5.41, 5.74) is 1.30. The zero-order valence-corrected chi connectivity index (χ0v) is 21.3. The summed E-state index contributed by atoms with van der Waals surface area (Å²) in [6, 6.07) is 11.5. The van der Waals surface area contributed by atoms with Crippen LogP contribution >= 0.6 is 11.6 Å². The number of benzene rings is 2. The third-order valence-corrected chi connectivity index (χ3v) is 9.13. The summed E-state index contributed by atoms with van der Waals surface area (Å²) >= 11 is 6.83. The second-order valence-electron chi connectivity index (χ2n) is 11.1. The van der Waals surface area contributed by atoms with E-state index in [4.69, 9.17) is 16.3 Å². The van der Waals surface area contributed by atoms with Gasteiger partial charge in [0.2, 0.25) is 0 Å². The molecule has 0 spiro atoms. The Hall–Kier alpha value is -1.78. The van der Waals surface area contributed by atoms with Crippen molar-refractivity contribution in [3.05, 3.63) is 40.9 Å². The number of carboxylic acid groups (broad SMARTS) is 1. The van der Waals surface area contributed by atoms with Gasteiger partial charge in [-0.15, -0.1) is 0 Å². The summed E-state index contributed by atoms with van der Waals surface area (Å²) in [5.74, 6) is 1.41. The van der Waals surface area contributed by atoms with E-state index < -0.39 is 5.97 Å².